The zero-order chi connectivity index (χ0) is 21.4. The van der Waals surface area contributed by atoms with E-state index in [1.807, 2.05) is 6.07 Å². The number of hydrogen-bond acceptors (Lipinski definition) is 5. The fourth-order valence-electron chi connectivity index (χ4n) is 2.28. The maximum absolute atomic E-state index is 12.4. The van der Waals surface area contributed by atoms with Crippen molar-refractivity contribution in [2.24, 2.45) is 0 Å². The van der Waals surface area contributed by atoms with Crippen LogP contribution in [0.5, 0.6) is 11.5 Å². The SMILES string of the molecule is CCOc1cc(/C=C(\C#N)C(=O)Nc2ccccc2Cl)cc(Cl)c1OCC(=O)O. The third kappa shape index (κ3) is 6.14. The average Bonchev–Trinajstić information content (AvgIpc) is 2.67. The molecule has 2 rings (SSSR count). The second-order valence-electron chi connectivity index (χ2n) is 5.55. The van der Waals surface area contributed by atoms with Gasteiger partial charge in [-0.3, -0.25) is 4.79 Å². The largest absolute Gasteiger partial charge is 0.490 e. The lowest BCUT2D eigenvalue weighted by Gasteiger charge is -2.13. The Morgan fingerprint density at radius 3 is 2.55 bits per heavy atom. The van der Waals surface area contributed by atoms with Crippen molar-refractivity contribution in [1.29, 1.82) is 5.26 Å². The van der Waals surface area contributed by atoms with Crippen molar-refractivity contribution in [1.82, 2.24) is 0 Å². The van der Waals surface area contributed by atoms with Gasteiger partial charge in [-0.2, -0.15) is 5.26 Å². The van der Waals surface area contributed by atoms with Gasteiger partial charge in [0.15, 0.2) is 18.1 Å². The van der Waals surface area contributed by atoms with Gasteiger partial charge in [0, 0.05) is 0 Å². The lowest BCUT2D eigenvalue weighted by Crippen LogP contribution is -2.13. The number of nitriles is 1. The second-order valence-corrected chi connectivity index (χ2v) is 6.36. The number of carbonyl (C=O) groups excluding carboxylic acids is 1. The molecule has 0 radical (unpaired) electrons. The summed E-state index contributed by atoms with van der Waals surface area (Å²) in [6.45, 7) is 1.40. The number of nitrogens with one attached hydrogen (secondary N) is 1. The molecule has 1 amide bonds. The molecule has 0 aliphatic heterocycles. The van der Waals surface area contributed by atoms with Gasteiger partial charge in [-0.1, -0.05) is 35.3 Å². The predicted octanol–water partition coefficient (Wildman–Crippen LogP) is 4.40. The maximum atomic E-state index is 12.4. The number of anilines is 1. The molecule has 0 saturated heterocycles. The van der Waals surface area contributed by atoms with Crippen LogP contribution in [0.2, 0.25) is 10.0 Å². The van der Waals surface area contributed by atoms with E-state index < -0.39 is 18.5 Å². The van der Waals surface area contributed by atoms with Gasteiger partial charge in [0.1, 0.15) is 11.6 Å². The van der Waals surface area contributed by atoms with Crippen molar-refractivity contribution in [3.63, 3.8) is 0 Å². The number of aliphatic carboxylic acids is 1. The van der Waals surface area contributed by atoms with Crippen LogP contribution >= 0.6 is 23.2 Å². The second kappa shape index (κ2) is 10.4. The van der Waals surface area contributed by atoms with E-state index in [0.29, 0.717) is 16.3 Å². The summed E-state index contributed by atoms with van der Waals surface area (Å²) in [5.41, 5.74) is 0.570. The van der Waals surface area contributed by atoms with Crippen molar-refractivity contribution < 1.29 is 24.2 Å². The normalized spacial score (nSPS) is 10.8. The summed E-state index contributed by atoms with van der Waals surface area (Å²) in [5, 5.41) is 21.1. The summed E-state index contributed by atoms with van der Waals surface area (Å²) in [6.07, 6.45) is 1.32. The Hall–Kier alpha value is -3.21. The van der Waals surface area contributed by atoms with Crippen molar-refractivity contribution in [2.75, 3.05) is 18.5 Å². The Morgan fingerprint density at radius 2 is 1.93 bits per heavy atom. The summed E-state index contributed by atoms with van der Waals surface area (Å²) in [7, 11) is 0. The highest BCUT2D eigenvalue weighted by Gasteiger charge is 2.16. The molecule has 9 heteroatoms. The molecule has 0 atom stereocenters. The quantitative estimate of drug-likeness (QED) is 0.470. The number of nitrogens with zero attached hydrogens (tertiary/aromatic N) is 1. The van der Waals surface area contributed by atoms with E-state index >= 15 is 0 Å². The Labute approximate surface area is 177 Å². The number of halogens is 2. The van der Waals surface area contributed by atoms with Crippen LogP contribution in [0.3, 0.4) is 0 Å². The lowest BCUT2D eigenvalue weighted by molar-refractivity contribution is -0.139. The molecule has 150 valence electrons. The fourth-order valence-corrected chi connectivity index (χ4v) is 2.73. The predicted molar refractivity (Wildman–Crippen MR) is 109 cm³/mol. The zero-order valence-electron chi connectivity index (χ0n) is 15.2. The molecule has 7 nitrogen and oxygen atoms in total. The molecular weight excluding hydrogens is 419 g/mol. The molecule has 0 fully saturated rings. The van der Waals surface area contributed by atoms with Gasteiger partial charge in [-0.05, 0) is 42.8 Å². The van der Waals surface area contributed by atoms with Gasteiger partial charge in [0.05, 0.1) is 22.3 Å². The first kappa shape index (κ1) is 22.1. The van der Waals surface area contributed by atoms with Crippen LogP contribution in [0.15, 0.2) is 42.0 Å². The summed E-state index contributed by atoms with van der Waals surface area (Å²) < 4.78 is 10.6. The minimum absolute atomic E-state index is 0.0621. The van der Waals surface area contributed by atoms with Crippen LogP contribution in [0.1, 0.15) is 12.5 Å². The van der Waals surface area contributed by atoms with Gasteiger partial charge < -0.3 is 19.9 Å². The smallest absolute Gasteiger partial charge is 0.341 e. The topological polar surface area (TPSA) is 109 Å². The molecule has 29 heavy (non-hydrogen) atoms. The highest BCUT2D eigenvalue weighted by Crippen LogP contribution is 2.37. The van der Waals surface area contributed by atoms with Crippen LogP contribution in [0.4, 0.5) is 5.69 Å². The first-order valence-corrected chi connectivity index (χ1v) is 9.10. The van der Waals surface area contributed by atoms with E-state index in [1.165, 1.54) is 18.2 Å². The first-order chi connectivity index (χ1) is 13.8. The van der Waals surface area contributed by atoms with Crippen LogP contribution in [-0.4, -0.2) is 30.2 Å². The molecular formula is C20H16Cl2N2O5. The number of carboxylic acid groups (broad SMARTS) is 1. The Morgan fingerprint density at radius 1 is 1.21 bits per heavy atom. The first-order valence-electron chi connectivity index (χ1n) is 8.34. The zero-order valence-corrected chi connectivity index (χ0v) is 16.8. The van der Waals surface area contributed by atoms with Gasteiger partial charge >= 0.3 is 5.97 Å². The molecule has 0 aliphatic rings. The van der Waals surface area contributed by atoms with Gasteiger partial charge in [-0.15, -0.1) is 0 Å². The maximum Gasteiger partial charge on any atom is 0.341 e. The van der Waals surface area contributed by atoms with Crippen LogP contribution < -0.4 is 14.8 Å². The van der Waals surface area contributed by atoms with E-state index in [0.717, 1.165) is 0 Å². The van der Waals surface area contributed by atoms with Gasteiger partial charge in [-0.25, -0.2) is 4.79 Å². The lowest BCUT2D eigenvalue weighted by atomic mass is 10.1. The van der Waals surface area contributed by atoms with Crippen molar-refractivity contribution in [3.05, 3.63) is 57.6 Å². The number of carboxylic acids is 1. The van der Waals surface area contributed by atoms with Crippen molar-refractivity contribution in [3.8, 4) is 17.6 Å². The number of amides is 1. The number of carbonyl (C=O) groups is 2. The van der Waals surface area contributed by atoms with Gasteiger partial charge in [0.25, 0.3) is 5.91 Å². The molecule has 0 unspecified atom stereocenters. The summed E-state index contributed by atoms with van der Waals surface area (Å²) in [5.74, 6) is -1.57. The molecule has 2 N–H and O–H groups in total. The molecule has 0 bridgehead atoms. The van der Waals surface area contributed by atoms with E-state index in [1.54, 1.807) is 31.2 Å². The minimum atomic E-state index is -1.17. The number of para-hydroxylation sites is 1. The number of rotatable bonds is 8. The molecule has 2 aromatic rings. The highest BCUT2D eigenvalue weighted by atomic mass is 35.5. The van der Waals surface area contributed by atoms with E-state index in [4.69, 9.17) is 37.8 Å². The summed E-state index contributed by atoms with van der Waals surface area (Å²) in [6, 6.07) is 11.4. The van der Waals surface area contributed by atoms with E-state index in [9.17, 15) is 14.9 Å². The highest BCUT2D eigenvalue weighted by molar-refractivity contribution is 6.34. The fraction of sp³-hybridized carbons (Fsp3) is 0.150. The van der Waals surface area contributed by atoms with E-state index in [2.05, 4.69) is 5.32 Å². The number of hydrogen-bond donors (Lipinski definition) is 2. The molecule has 0 aromatic heterocycles. The molecule has 0 spiro atoms. The van der Waals surface area contributed by atoms with Crippen LogP contribution in [0, 0.1) is 11.3 Å². The molecule has 0 aliphatic carbocycles. The van der Waals surface area contributed by atoms with Crippen LogP contribution in [0.25, 0.3) is 6.08 Å². The minimum Gasteiger partial charge on any atom is -0.490 e. The monoisotopic (exact) mass is 434 g/mol. The molecule has 0 heterocycles. The van der Waals surface area contributed by atoms with Crippen molar-refractivity contribution in [2.45, 2.75) is 6.92 Å². The Kier molecular flexibility index (Phi) is 7.89. The number of ether oxygens (including phenoxy) is 2. The molecule has 2 aromatic carbocycles. The number of benzene rings is 2. The van der Waals surface area contributed by atoms with Crippen LogP contribution in [-0.2, 0) is 9.59 Å². The van der Waals surface area contributed by atoms with Crippen molar-refractivity contribution >= 4 is 46.8 Å². The standard InChI is InChI=1S/C20H16Cl2N2O5/c1-2-28-17-9-12(8-15(22)19(17)29-11-18(25)26)7-13(10-23)20(27)24-16-6-4-3-5-14(16)21/h3-9H,2,11H2,1H3,(H,24,27)(H,25,26)/b13-7+. The van der Waals surface area contributed by atoms with Gasteiger partial charge in [0.2, 0.25) is 0 Å². The summed E-state index contributed by atoms with van der Waals surface area (Å²) >= 11 is 12.2. The Bertz CT molecular complexity index is 999. The Balaban J connectivity index is 2.34. The molecule has 0 saturated carbocycles. The third-order valence-corrected chi connectivity index (χ3v) is 4.08. The summed E-state index contributed by atoms with van der Waals surface area (Å²) in [4.78, 5) is 23.2. The average molecular weight is 435 g/mol. The third-order valence-electron chi connectivity index (χ3n) is 3.47. The van der Waals surface area contributed by atoms with E-state index in [-0.39, 0.29) is 28.7 Å².